The molecule has 0 spiro atoms. The Kier molecular flexibility index (Phi) is 4.56. The van der Waals surface area contributed by atoms with Crippen molar-refractivity contribution in [2.75, 3.05) is 11.6 Å². The molecule has 3 rings (SSSR count). The number of fused-ring (bicyclic) bond motifs is 1. The third-order valence-electron chi connectivity index (χ3n) is 3.74. The van der Waals surface area contributed by atoms with E-state index in [4.69, 9.17) is 0 Å². The van der Waals surface area contributed by atoms with Crippen molar-refractivity contribution in [3.05, 3.63) is 54.4 Å². The van der Waals surface area contributed by atoms with Crippen LogP contribution >= 0.6 is 0 Å². The summed E-state index contributed by atoms with van der Waals surface area (Å²) in [5.74, 6) is 0.105. The van der Waals surface area contributed by atoms with Crippen LogP contribution in [0.4, 0.5) is 5.69 Å². The number of amides is 1. The molecule has 0 unspecified atom stereocenters. The van der Waals surface area contributed by atoms with Crippen molar-refractivity contribution in [3.63, 3.8) is 0 Å². The summed E-state index contributed by atoms with van der Waals surface area (Å²) in [6, 6.07) is 13.3. The molecule has 0 saturated heterocycles. The van der Waals surface area contributed by atoms with Gasteiger partial charge in [0.25, 0.3) is 0 Å². The fourth-order valence-corrected chi connectivity index (χ4v) is 3.18. The Morgan fingerprint density at radius 3 is 2.48 bits per heavy atom. The highest BCUT2D eigenvalue weighted by atomic mass is 32.2. The van der Waals surface area contributed by atoms with Gasteiger partial charge in [0.05, 0.1) is 15.9 Å². The van der Waals surface area contributed by atoms with Crippen molar-refractivity contribution in [1.29, 1.82) is 0 Å². The molecule has 0 saturated carbocycles. The first-order valence-electron chi connectivity index (χ1n) is 7.53. The standard InChI is InChI=1S/C17H17N3O4S/c1-25(23,24)13-8-6-12(7-9-13)18-17(22)10-20-15-5-3-2-4-14(15)19-16(20)11-21/h2-9,21H,10-11H2,1H3,(H,18,22). The van der Waals surface area contributed by atoms with Crippen molar-refractivity contribution in [3.8, 4) is 0 Å². The molecule has 0 bridgehead atoms. The molecular formula is C17H17N3O4S. The second-order valence-electron chi connectivity index (χ2n) is 5.61. The second-order valence-corrected chi connectivity index (χ2v) is 7.62. The van der Waals surface area contributed by atoms with E-state index in [1.807, 2.05) is 24.3 Å². The molecule has 1 amide bonds. The number of aliphatic hydroxyl groups is 1. The van der Waals surface area contributed by atoms with Gasteiger partial charge in [-0.2, -0.15) is 0 Å². The minimum Gasteiger partial charge on any atom is -0.388 e. The van der Waals surface area contributed by atoms with Crippen LogP contribution < -0.4 is 5.32 Å². The number of sulfone groups is 1. The van der Waals surface area contributed by atoms with E-state index in [0.717, 1.165) is 11.8 Å². The Morgan fingerprint density at radius 1 is 1.16 bits per heavy atom. The minimum absolute atomic E-state index is 0.00969. The van der Waals surface area contributed by atoms with Crippen molar-refractivity contribution >= 4 is 32.5 Å². The molecule has 3 aromatic rings. The fraction of sp³-hybridized carbons (Fsp3) is 0.176. The number of carbonyl (C=O) groups excluding carboxylic acids is 1. The minimum atomic E-state index is -3.28. The van der Waals surface area contributed by atoms with E-state index >= 15 is 0 Å². The largest absolute Gasteiger partial charge is 0.388 e. The van der Waals surface area contributed by atoms with Crippen LogP contribution in [0.25, 0.3) is 11.0 Å². The summed E-state index contributed by atoms with van der Waals surface area (Å²) >= 11 is 0. The molecule has 8 heteroatoms. The smallest absolute Gasteiger partial charge is 0.244 e. The molecule has 0 aliphatic carbocycles. The van der Waals surface area contributed by atoms with Gasteiger partial charge in [0.2, 0.25) is 5.91 Å². The number of benzene rings is 2. The molecule has 130 valence electrons. The number of hydrogen-bond acceptors (Lipinski definition) is 5. The lowest BCUT2D eigenvalue weighted by atomic mass is 10.3. The van der Waals surface area contributed by atoms with Crippen LogP contribution in [0.5, 0.6) is 0 Å². The van der Waals surface area contributed by atoms with Crippen molar-refractivity contribution in [2.24, 2.45) is 0 Å². The first kappa shape index (κ1) is 17.1. The van der Waals surface area contributed by atoms with E-state index in [1.165, 1.54) is 24.3 Å². The molecule has 1 aromatic heterocycles. The van der Waals surface area contributed by atoms with Gasteiger partial charge in [-0.15, -0.1) is 0 Å². The highest BCUT2D eigenvalue weighted by Crippen LogP contribution is 2.17. The molecule has 0 aliphatic rings. The van der Waals surface area contributed by atoms with Gasteiger partial charge >= 0.3 is 0 Å². The molecule has 0 fully saturated rings. The normalized spacial score (nSPS) is 11.6. The van der Waals surface area contributed by atoms with E-state index in [-0.39, 0.29) is 24.0 Å². The van der Waals surface area contributed by atoms with Crippen molar-refractivity contribution in [2.45, 2.75) is 18.0 Å². The summed E-state index contributed by atoms with van der Waals surface area (Å²) in [5.41, 5.74) is 1.96. The highest BCUT2D eigenvalue weighted by molar-refractivity contribution is 7.90. The van der Waals surface area contributed by atoms with Crippen LogP contribution in [-0.2, 0) is 27.8 Å². The number of nitrogens with zero attached hydrogens (tertiary/aromatic N) is 2. The van der Waals surface area contributed by atoms with Gasteiger partial charge < -0.3 is 15.0 Å². The quantitative estimate of drug-likeness (QED) is 0.720. The summed E-state index contributed by atoms with van der Waals surface area (Å²) in [4.78, 5) is 16.8. The molecule has 0 radical (unpaired) electrons. The summed E-state index contributed by atoms with van der Waals surface area (Å²) in [6.07, 6.45) is 1.13. The van der Waals surface area contributed by atoms with Gasteiger partial charge in [-0.1, -0.05) is 12.1 Å². The maximum absolute atomic E-state index is 12.3. The van der Waals surface area contributed by atoms with E-state index in [0.29, 0.717) is 17.0 Å². The summed E-state index contributed by atoms with van der Waals surface area (Å²) < 4.78 is 24.6. The summed E-state index contributed by atoms with van der Waals surface area (Å²) in [5, 5.41) is 12.2. The zero-order chi connectivity index (χ0) is 18.0. The van der Waals surface area contributed by atoms with Gasteiger partial charge in [-0.05, 0) is 36.4 Å². The Labute approximate surface area is 144 Å². The van der Waals surface area contributed by atoms with Crippen LogP contribution in [0.1, 0.15) is 5.82 Å². The predicted octanol–water partition coefficient (Wildman–Crippen LogP) is 1.57. The SMILES string of the molecule is CS(=O)(=O)c1ccc(NC(=O)Cn2c(CO)nc3ccccc32)cc1. The monoisotopic (exact) mass is 359 g/mol. The van der Waals surface area contributed by atoms with Crippen molar-refractivity contribution in [1.82, 2.24) is 9.55 Å². The van der Waals surface area contributed by atoms with Gasteiger partial charge in [0.15, 0.2) is 9.84 Å². The number of imidazole rings is 1. The number of anilines is 1. The Bertz CT molecular complexity index is 1020. The maximum atomic E-state index is 12.3. The third-order valence-corrected chi connectivity index (χ3v) is 4.87. The van der Waals surface area contributed by atoms with Crippen molar-refractivity contribution < 1.29 is 18.3 Å². The lowest BCUT2D eigenvalue weighted by Gasteiger charge is -2.09. The first-order chi connectivity index (χ1) is 11.9. The molecule has 0 atom stereocenters. The third kappa shape index (κ3) is 3.70. The first-order valence-corrected chi connectivity index (χ1v) is 9.42. The zero-order valence-electron chi connectivity index (χ0n) is 13.5. The number of aliphatic hydroxyl groups excluding tert-OH is 1. The fourth-order valence-electron chi connectivity index (χ4n) is 2.55. The highest BCUT2D eigenvalue weighted by Gasteiger charge is 2.13. The van der Waals surface area contributed by atoms with Gasteiger partial charge in [0, 0.05) is 11.9 Å². The molecule has 2 N–H and O–H groups in total. The molecule has 0 aliphatic heterocycles. The number of hydrogen-bond donors (Lipinski definition) is 2. The van der Waals surface area contributed by atoms with Gasteiger partial charge in [-0.3, -0.25) is 4.79 Å². The predicted molar refractivity (Wildman–Crippen MR) is 93.8 cm³/mol. The van der Waals surface area contributed by atoms with Crippen LogP contribution in [0.15, 0.2) is 53.4 Å². The maximum Gasteiger partial charge on any atom is 0.244 e. The molecule has 2 aromatic carbocycles. The molecule has 25 heavy (non-hydrogen) atoms. The van der Waals surface area contributed by atoms with Crippen LogP contribution in [0, 0.1) is 0 Å². The summed E-state index contributed by atoms with van der Waals surface area (Å²) in [7, 11) is -3.28. The van der Waals surface area contributed by atoms with Gasteiger partial charge in [-0.25, -0.2) is 13.4 Å². The Hall–Kier alpha value is -2.71. The number of aromatic nitrogens is 2. The van der Waals surface area contributed by atoms with Crippen LogP contribution in [0.3, 0.4) is 0 Å². The molecule has 1 heterocycles. The van der Waals surface area contributed by atoms with Gasteiger partial charge in [0.1, 0.15) is 19.0 Å². The molecule has 7 nitrogen and oxygen atoms in total. The van der Waals surface area contributed by atoms with Crippen LogP contribution in [0.2, 0.25) is 0 Å². The number of para-hydroxylation sites is 2. The van der Waals surface area contributed by atoms with Crippen LogP contribution in [-0.4, -0.2) is 35.2 Å². The lowest BCUT2D eigenvalue weighted by Crippen LogP contribution is -2.20. The summed E-state index contributed by atoms with van der Waals surface area (Å²) in [6.45, 7) is -0.282. The number of nitrogens with one attached hydrogen (secondary N) is 1. The second kappa shape index (κ2) is 6.66. The Balaban J connectivity index is 1.79. The number of rotatable bonds is 5. The average molecular weight is 359 g/mol. The zero-order valence-corrected chi connectivity index (χ0v) is 14.3. The van der Waals surface area contributed by atoms with E-state index in [9.17, 15) is 18.3 Å². The Morgan fingerprint density at radius 2 is 1.84 bits per heavy atom. The topological polar surface area (TPSA) is 101 Å². The number of carbonyl (C=O) groups is 1. The van der Waals surface area contributed by atoms with E-state index < -0.39 is 9.84 Å². The molecular weight excluding hydrogens is 342 g/mol. The van der Waals surface area contributed by atoms with E-state index in [1.54, 1.807) is 4.57 Å². The lowest BCUT2D eigenvalue weighted by molar-refractivity contribution is -0.116. The van der Waals surface area contributed by atoms with E-state index in [2.05, 4.69) is 10.3 Å². The average Bonchev–Trinajstić information content (AvgIpc) is 2.92.